The van der Waals surface area contributed by atoms with Gasteiger partial charge in [-0.25, -0.2) is 4.79 Å². The number of H-pyrrole nitrogens is 1. The molecule has 2 heterocycles. The number of nitrogens with zero attached hydrogens (tertiary/aromatic N) is 1. The number of amides is 1. The smallest absolute Gasteiger partial charge is 0.408 e. The van der Waals surface area contributed by atoms with Crippen molar-refractivity contribution in [3.05, 3.63) is 30.0 Å². The Hall–Kier alpha value is -2.04. The minimum absolute atomic E-state index is 0.259. The van der Waals surface area contributed by atoms with E-state index in [1.807, 2.05) is 24.3 Å². The molecular formula is C10H9N3O2. The number of hydrogen-bond donors (Lipinski definition) is 2. The van der Waals surface area contributed by atoms with Gasteiger partial charge >= 0.3 is 6.09 Å². The first-order chi connectivity index (χ1) is 7.34. The molecule has 3 rings (SSSR count). The molecule has 0 bridgehead atoms. The van der Waals surface area contributed by atoms with Crippen LogP contribution in [0.2, 0.25) is 0 Å². The molecule has 1 atom stereocenters. The first-order valence-electron chi connectivity index (χ1n) is 4.72. The van der Waals surface area contributed by atoms with Gasteiger partial charge in [0, 0.05) is 5.39 Å². The Morgan fingerprint density at radius 1 is 1.40 bits per heavy atom. The second kappa shape index (κ2) is 2.98. The lowest BCUT2D eigenvalue weighted by Crippen LogP contribution is -2.12. The van der Waals surface area contributed by atoms with Crippen LogP contribution >= 0.6 is 0 Å². The van der Waals surface area contributed by atoms with Crippen molar-refractivity contribution in [3.63, 3.8) is 0 Å². The Morgan fingerprint density at radius 2 is 2.27 bits per heavy atom. The van der Waals surface area contributed by atoms with Gasteiger partial charge in [-0.15, -0.1) is 0 Å². The summed E-state index contributed by atoms with van der Waals surface area (Å²) in [5.41, 5.74) is 1.74. The molecule has 76 valence electrons. The van der Waals surface area contributed by atoms with E-state index < -0.39 is 0 Å². The van der Waals surface area contributed by atoms with Gasteiger partial charge in [-0.3, -0.25) is 5.10 Å². The Balaban J connectivity index is 2.07. The second-order valence-electron chi connectivity index (χ2n) is 3.43. The van der Waals surface area contributed by atoms with Crippen LogP contribution in [0.4, 0.5) is 4.79 Å². The van der Waals surface area contributed by atoms with E-state index in [9.17, 15) is 4.79 Å². The van der Waals surface area contributed by atoms with E-state index >= 15 is 0 Å². The van der Waals surface area contributed by atoms with Crippen molar-refractivity contribution in [3.8, 4) is 0 Å². The lowest BCUT2D eigenvalue weighted by atomic mass is 10.1. The molecule has 0 aliphatic carbocycles. The predicted octanol–water partition coefficient (Wildman–Crippen LogP) is 1.34. The fourth-order valence-corrected chi connectivity index (χ4v) is 1.77. The third-order valence-corrected chi connectivity index (χ3v) is 2.49. The van der Waals surface area contributed by atoms with Crippen molar-refractivity contribution in [1.82, 2.24) is 15.5 Å². The molecule has 1 amide bonds. The average molecular weight is 203 g/mol. The van der Waals surface area contributed by atoms with Crippen LogP contribution in [0.15, 0.2) is 24.3 Å². The van der Waals surface area contributed by atoms with Crippen LogP contribution in [0.3, 0.4) is 0 Å². The summed E-state index contributed by atoms with van der Waals surface area (Å²) in [7, 11) is 0. The fraction of sp³-hybridized carbons (Fsp3) is 0.200. The zero-order valence-electron chi connectivity index (χ0n) is 7.86. The zero-order chi connectivity index (χ0) is 10.3. The van der Waals surface area contributed by atoms with E-state index in [2.05, 4.69) is 15.5 Å². The van der Waals surface area contributed by atoms with Gasteiger partial charge in [-0.05, 0) is 6.07 Å². The lowest BCUT2D eigenvalue weighted by molar-refractivity contribution is 0.139. The number of carbonyl (C=O) groups is 1. The minimum atomic E-state index is -0.376. The molecule has 2 N–H and O–H groups in total. The molecular weight excluding hydrogens is 194 g/mol. The highest BCUT2D eigenvalue weighted by atomic mass is 16.6. The molecule has 0 radical (unpaired) electrons. The third-order valence-electron chi connectivity index (χ3n) is 2.49. The fourth-order valence-electron chi connectivity index (χ4n) is 1.77. The van der Waals surface area contributed by atoms with Crippen LogP contribution < -0.4 is 5.32 Å². The summed E-state index contributed by atoms with van der Waals surface area (Å²) in [5.74, 6) is 0. The Morgan fingerprint density at radius 3 is 3.07 bits per heavy atom. The molecule has 5 nitrogen and oxygen atoms in total. The number of aromatic nitrogens is 2. The van der Waals surface area contributed by atoms with E-state index in [-0.39, 0.29) is 12.2 Å². The molecule has 1 aromatic carbocycles. The number of carbonyl (C=O) groups excluding carboxylic acids is 1. The number of rotatable bonds is 1. The van der Waals surface area contributed by atoms with Crippen LogP contribution in [0.25, 0.3) is 10.9 Å². The predicted molar refractivity (Wildman–Crippen MR) is 53.3 cm³/mol. The van der Waals surface area contributed by atoms with Crippen molar-refractivity contribution in [2.45, 2.75) is 6.10 Å². The summed E-state index contributed by atoms with van der Waals surface area (Å²) < 4.78 is 5.09. The highest BCUT2D eigenvalue weighted by Gasteiger charge is 2.27. The van der Waals surface area contributed by atoms with E-state index in [1.165, 1.54) is 0 Å². The number of hydrogen-bond acceptors (Lipinski definition) is 3. The summed E-state index contributed by atoms with van der Waals surface area (Å²) in [5, 5.41) is 10.7. The Kier molecular flexibility index (Phi) is 1.65. The number of cyclic esters (lactones) is 1. The number of ether oxygens (including phenoxy) is 1. The van der Waals surface area contributed by atoms with E-state index in [4.69, 9.17) is 4.74 Å². The second-order valence-corrected chi connectivity index (χ2v) is 3.43. The van der Waals surface area contributed by atoms with E-state index in [0.29, 0.717) is 6.54 Å². The van der Waals surface area contributed by atoms with E-state index in [1.54, 1.807) is 0 Å². The first kappa shape index (κ1) is 8.28. The maximum atomic E-state index is 10.9. The average Bonchev–Trinajstić information content (AvgIpc) is 2.83. The number of para-hydroxylation sites is 1. The van der Waals surface area contributed by atoms with Crippen molar-refractivity contribution in [1.29, 1.82) is 0 Å². The van der Waals surface area contributed by atoms with Gasteiger partial charge in [0.05, 0.1) is 17.8 Å². The van der Waals surface area contributed by atoms with Crippen molar-refractivity contribution in [2.75, 3.05) is 6.54 Å². The van der Waals surface area contributed by atoms with Gasteiger partial charge in [-0.1, -0.05) is 18.2 Å². The highest BCUT2D eigenvalue weighted by Crippen LogP contribution is 2.25. The van der Waals surface area contributed by atoms with Crippen molar-refractivity contribution < 1.29 is 9.53 Å². The number of alkyl carbamates (subject to hydrolysis) is 1. The molecule has 1 aliphatic rings. The zero-order valence-corrected chi connectivity index (χ0v) is 7.86. The van der Waals surface area contributed by atoms with E-state index in [0.717, 1.165) is 16.6 Å². The van der Waals surface area contributed by atoms with Crippen molar-refractivity contribution >= 4 is 17.0 Å². The van der Waals surface area contributed by atoms with Gasteiger partial charge < -0.3 is 10.1 Å². The lowest BCUT2D eigenvalue weighted by Gasteiger charge is -2.04. The molecule has 1 saturated heterocycles. The first-order valence-corrected chi connectivity index (χ1v) is 4.72. The third kappa shape index (κ3) is 1.24. The number of benzene rings is 1. The SMILES string of the molecule is O=C1NCC(c2[nH]nc3ccccc23)O1. The molecule has 5 heteroatoms. The van der Waals surface area contributed by atoms with Crippen molar-refractivity contribution in [2.24, 2.45) is 0 Å². The van der Waals surface area contributed by atoms with Crippen LogP contribution in [-0.2, 0) is 4.74 Å². The standard InChI is InChI=1S/C10H9N3O2/c14-10-11-5-8(15-10)9-6-3-1-2-4-7(6)12-13-9/h1-4,8H,5H2,(H,11,14)(H,12,13). The summed E-state index contributed by atoms with van der Waals surface area (Å²) in [4.78, 5) is 10.9. The van der Waals surface area contributed by atoms with Crippen LogP contribution in [0.5, 0.6) is 0 Å². The molecule has 1 aromatic heterocycles. The maximum absolute atomic E-state index is 10.9. The Bertz CT molecular complexity index is 520. The number of nitrogens with one attached hydrogen (secondary N) is 2. The largest absolute Gasteiger partial charge is 0.438 e. The molecule has 1 fully saturated rings. The molecule has 1 unspecified atom stereocenters. The van der Waals surface area contributed by atoms with Crippen LogP contribution in [0, 0.1) is 0 Å². The molecule has 0 saturated carbocycles. The van der Waals surface area contributed by atoms with Gasteiger partial charge in [-0.2, -0.15) is 5.10 Å². The normalized spacial score (nSPS) is 20.3. The van der Waals surface area contributed by atoms with Crippen LogP contribution in [0.1, 0.15) is 11.8 Å². The van der Waals surface area contributed by atoms with Gasteiger partial charge in [0.25, 0.3) is 0 Å². The Labute approximate surface area is 85.4 Å². The van der Waals surface area contributed by atoms with Gasteiger partial charge in [0.15, 0.2) is 6.10 Å². The monoisotopic (exact) mass is 203 g/mol. The molecule has 2 aromatic rings. The summed E-state index contributed by atoms with van der Waals surface area (Å²) >= 11 is 0. The summed E-state index contributed by atoms with van der Waals surface area (Å²) in [6.45, 7) is 0.491. The van der Waals surface area contributed by atoms with Gasteiger partial charge in [0.2, 0.25) is 0 Å². The van der Waals surface area contributed by atoms with Gasteiger partial charge in [0.1, 0.15) is 0 Å². The summed E-state index contributed by atoms with van der Waals surface area (Å²) in [6, 6.07) is 7.73. The van der Waals surface area contributed by atoms with Crippen LogP contribution in [-0.4, -0.2) is 22.8 Å². The topological polar surface area (TPSA) is 67.0 Å². The molecule has 0 spiro atoms. The summed E-state index contributed by atoms with van der Waals surface area (Å²) in [6.07, 6.45) is -0.636. The highest BCUT2D eigenvalue weighted by molar-refractivity contribution is 5.82. The molecule has 15 heavy (non-hydrogen) atoms. The maximum Gasteiger partial charge on any atom is 0.408 e. The molecule has 1 aliphatic heterocycles. The quantitative estimate of drug-likeness (QED) is 0.735. The number of fused-ring (bicyclic) bond motifs is 1. The number of aromatic amines is 1. The minimum Gasteiger partial charge on any atom is -0.438 e.